The van der Waals surface area contributed by atoms with Gasteiger partial charge in [0.05, 0.1) is 27.2 Å². The van der Waals surface area contributed by atoms with Gasteiger partial charge in [-0.15, -0.1) is 10.2 Å². The molecule has 0 saturated carbocycles. The molecule has 0 bridgehead atoms. The summed E-state index contributed by atoms with van der Waals surface area (Å²) in [4.78, 5) is 1.36. The molecule has 0 atom stereocenters. The van der Waals surface area contributed by atoms with Gasteiger partial charge in [0.1, 0.15) is 6.33 Å². The molecule has 0 unspecified atom stereocenters. The molecule has 1 aromatic heterocycles. The van der Waals surface area contributed by atoms with Crippen LogP contribution in [0.1, 0.15) is 5.56 Å². The van der Waals surface area contributed by atoms with Crippen LogP contribution in [0.2, 0.25) is 5.02 Å². The number of likely N-dealkylation sites (N-methyl/N-ethyl adjacent to an activating group) is 1. The number of aromatic nitrogens is 3. The average Bonchev–Trinajstić information content (AvgIpc) is 2.93. The Bertz CT molecular complexity index is 628. The number of rotatable bonds is 7. The molecule has 0 aliphatic heterocycles. The maximum Gasteiger partial charge on any atom is 0.210 e. The molecule has 0 fully saturated rings. The SMILES string of the molecule is C[NH+](C)CCNC(=S)Nn1cnnc1SCc1ccc(Cl)cc1. The van der Waals surface area contributed by atoms with Crippen molar-refractivity contribution in [2.24, 2.45) is 0 Å². The molecule has 0 aliphatic carbocycles. The van der Waals surface area contributed by atoms with E-state index in [1.807, 2.05) is 24.3 Å². The molecule has 23 heavy (non-hydrogen) atoms. The van der Waals surface area contributed by atoms with Crippen molar-refractivity contribution in [3.05, 3.63) is 41.2 Å². The summed E-state index contributed by atoms with van der Waals surface area (Å²) in [5.41, 5.74) is 4.24. The van der Waals surface area contributed by atoms with E-state index in [2.05, 4.69) is 35.0 Å². The van der Waals surface area contributed by atoms with Crippen molar-refractivity contribution in [3.8, 4) is 0 Å². The van der Waals surface area contributed by atoms with E-state index in [4.69, 9.17) is 23.8 Å². The first-order valence-electron chi connectivity index (χ1n) is 7.16. The topological polar surface area (TPSA) is 59.2 Å². The molecule has 3 N–H and O–H groups in total. The molecule has 9 heteroatoms. The van der Waals surface area contributed by atoms with Crippen LogP contribution in [0.25, 0.3) is 0 Å². The molecule has 1 aromatic carbocycles. The van der Waals surface area contributed by atoms with Crippen molar-refractivity contribution in [2.45, 2.75) is 10.9 Å². The molecule has 6 nitrogen and oxygen atoms in total. The van der Waals surface area contributed by atoms with Crippen molar-refractivity contribution >= 4 is 40.7 Å². The minimum absolute atomic E-state index is 0.555. The molecule has 1 heterocycles. The number of nitrogens with one attached hydrogen (secondary N) is 3. The van der Waals surface area contributed by atoms with Crippen LogP contribution >= 0.6 is 35.6 Å². The zero-order chi connectivity index (χ0) is 16.7. The van der Waals surface area contributed by atoms with Gasteiger partial charge in [0.15, 0.2) is 5.11 Å². The highest BCUT2D eigenvalue weighted by Crippen LogP contribution is 2.21. The summed E-state index contributed by atoms with van der Waals surface area (Å²) in [5.74, 6) is 0.779. The second kappa shape index (κ2) is 9.07. The number of nitrogens with zero attached hydrogens (tertiary/aromatic N) is 3. The summed E-state index contributed by atoms with van der Waals surface area (Å²) in [7, 11) is 4.20. The van der Waals surface area contributed by atoms with E-state index in [1.54, 1.807) is 22.8 Å². The van der Waals surface area contributed by atoms with Crippen LogP contribution in [-0.2, 0) is 5.75 Å². The van der Waals surface area contributed by atoms with Crippen molar-refractivity contribution in [2.75, 3.05) is 32.6 Å². The lowest BCUT2D eigenvalue weighted by Gasteiger charge is -2.13. The third kappa shape index (κ3) is 6.34. The van der Waals surface area contributed by atoms with Crippen LogP contribution < -0.4 is 15.6 Å². The van der Waals surface area contributed by atoms with Crippen molar-refractivity contribution in [1.29, 1.82) is 0 Å². The normalized spacial score (nSPS) is 10.8. The fourth-order valence-electron chi connectivity index (χ4n) is 1.70. The molecule has 124 valence electrons. The quantitative estimate of drug-likeness (QED) is 0.494. The van der Waals surface area contributed by atoms with Crippen molar-refractivity contribution in [3.63, 3.8) is 0 Å². The highest BCUT2D eigenvalue weighted by molar-refractivity contribution is 7.98. The third-order valence-electron chi connectivity index (χ3n) is 2.93. The summed E-state index contributed by atoms with van der Waals surface area (Å²) < 4.78 is 1.72. The lowest BCUT2D eigenvalue weighted by Crippen LogP contribution is -3.06. The van der Waals surface area contributed by atoms with E-state index in [0.717, 1.165) is 29.0 Å². The number of quaternary nitrogens is 1. The van der Waals surface area contributed by atoms with Gasteiger partial charge in [-0.3, -0.25) is 5.43 Å². The Hall–Kier alpha value is -1.35. The van der Waals surface area contributed by atoms with E-state index >= 15 is 0 Å². The Balaban J connectivity index is 1.84. The van der Waals surface area contributed by atoms with Gasteiger partial charge in [0.2, 0.25) is 5.16 Å². The van der Waals surface area contributed by atoms with E-state index < -0.39 is 0 Å². The van der Waals surface area contributed by atoms with Gasteiger partial charge in [-0.1, -0.05) is 35.5 Å². The predicted octanol–water partition coefficient (Wildman–Crippen LogP) is 0.786. The summed E-state index contributed by atoms with van der Waals surface area (Å²) in [6, 6.07) is 7.76. The Labute approximate surface area is 150 Å². The van der Waals surface area contributed by atoms with Gasteiger partial charge in [0.25, 0.3) is 0 Å². The van der Waals surface area contributed by atoms with Gasteiger partial charge < -0.3 is 10.2 Å². The van der Waals surface area contributed by atoms with E-state index in [1.165, 1.54) is 10.5 Å². The molecule has 0 radical (unpaired) electrons. The highest BCUT2D eigenvalue weighted by Gasteiger charge is 2.07. The van der Waals surface area contributed by atoms with Gasteiger partial charge in [0, 0.05) is 10.8 Å². The summed E-state index contributed by atoms with van der Waals surface area (Å²) >= 11 is 12.7. The largest absolute Gasteiger partial charge is 0.356 e. The molecule has 2 rings (SSSR count). The molecule has 0 aliphatic rings. The number of thiocarbonyl (C=S) groups is 1. The molecule has 0 spiro atoms. The fourth-order valence-corrected chi connectivity index (χ4v) is 2.85. The Morgan fingerprint density at radius 1 is 1.35 bits per heavy atom. The van der Waals surface area contributed by atoms with E-state index in [0.29, 0.717) is 5.11 Å². The minimum atomic E-state index is 0.555. The van der Waals surface area contributed by atoms with Gasteiger partial charge >= 0.3 is 0 Å². The molecule has 0 saturated heterocycles. The van der Waals surface area contributed by atoms with Gasteiger partial charge in [-0.2, -0.15) is 0 Å². The highest BCUT2D eigenvalue weighted by atomic mass is 35.5. The predicted molar refractivity (Wildman–Crippen MR) is 98.7 cm³/mol. The van der Waals surface area contributed by atoms with Crippen LogP contribution in [0.4, 0.5) is 0 Å². The average molecular weight is 372 g/mol. The van der Waals surface area contributed by atoms with Gasteiger partial charge in [-0.05, 0) is 29.9 Å². The Morgan fingerprint density at radius 3 is 2.78 bits per heavy atom. The standard InChI is InChI=1S/C14H19ClN6S2/c1-20(2)8-7-16-13(22)19-21-10-17-18-14(21)23-9-11-3-5-12(15)6-4-11/h3-6,10H,7-9H2,1-2H3,(H2,16,19,22)/p+1. The second-order valence-corrected chi connectivity index (χ2v) is 7.01. The molecule has 0 amide bonds. The van der Waals surface area contributed by atoms with Crippen LogP contribution in [0.3, 0.4) is 0 Å². The van der Waals surface area contributed by atoms with E-state index in [-0.39, 0.29) is 0 Å². The monoisotopic (exact) mass is 371 g/mol. The summed E-state index contributed by atoms with van der Waals surface area (Å²) in [5, 5.41) is 13.2. The smallest absolute Gasteiger partial charge is 0.210 e. The lowest BCUT2D eigenvalue weighted by molar-refractivity contribution is -0.856. The van der Waals surface area contributed by atoms with Crippen LogP contribution in [0, 0.1) is 0 Å². The lowest BCUT2D eigenvalue weighted by atomic mass is 10.2. The molecule has 2 aromatic rings. The first-order valence-corrected chi connectivity index (χ1v) is 8.93. The number of thioether (sulfide) groups is 1. The van der Waals surface area contributed by atoms with Crippen LogP contribution in [-0.4, -0.2) is 47.2 Å². The number of benzene rings is 1. The Morgan fingerprint density at radius 2 is 2.09 bits per heavy atom. The van der Waals surface area contributed by atoms with Crippen molar-refractivity contribution in [1.82, 2.24) is 20.2 Å². The summed E-state index contributed by atoms with van der Waals surface area (Å²) in [6.07, 6.45) is 1.61. The first-order chi connectivity index (χ1) is 11.0. The van der Waals surface area contributed by atoms with Crippen LogP contribution in [0.15, 0.2) is 35.7 Å². The number of hydrogen-bond acceptors (Lipinski definition) is 4. The molecular formula is C14H20ClN6S2+. The zero-order valence-electron chi connectivity index (χ0n) is 13.0. The maximum absolute atomic E-state index is 5.89. The van der Waals surface area contributed by atoms with Gasteiger partial charge in [-0.25, -0.2) is 4.68 Å². The maximum atomic E-state index is 5.89. The molecular weight excluding hydrogens is 352 g/mol. The number of halogens is 1. The zero-order valence-corrected chi connectivity index (χ0v) is 15.4. The van der Waals surface area contributed by atoms with Crippen molar-refractivity contribution < 1.29 is 4.90 Å². The number of hydrogen-bond donors (Lipinski definition) is 3. The minimum Gasteiger partial charge on any atom is -0.356 e. The fraction of sp³-hybridized carbons (Fsp3) is 0.357. The second-order valence-electron chi connectivity index (χ2n) is 5.22. The third-order valence-corrected chi connectivity index (χ3v) is 4.43. The Kier molecular flexibility index (Phi) is 7.10. The van der Waals surface area contributed by atoms with Crippen LogP contribution in [0.5, 0.6) is 0 Å². The first kappa shape index (κ1) is 18.0. The van der Waals surface area contributed by atoms with E-state index in [9.17, 15) is 0 Å². The summed E-state index contributed by atoms with van der Waals surface area (Å²) in [6.45, 7) is 1.80.